The van der Waals surface area contributed by atoms with Crippen molar-refractivity contribution >= 4 is 40.0 Å². The molecule has 9 nitrogen and oxygen atoms in total. The van der Waals surface area contributed by atoms with E-state index in [1.807, 2.05) is 18.2 Å². The fraction of sp³-hybridized carbons (Fsp3) is 0.650. The maximum absolute atomic E-state index is 11.9. The van der Waals surface area contributed by atoms with E-state index in [0.717, 1.165) is 62.2 Å². The van der Waals surface area contributed by atoms with Crippen LogP contribution in [-0.2, 0) is 16.6 Å². The van der Waals surface area contributed by atoms with Crippen LogP contribution < -0.4 is 14.8 Å². The van der Waals surface area contributed by atoms with Gasteiger partial charge in [-0.15, -0.1) is 24.0 Å². The average molecular weight is 567 g/mol. The normalized spacial score (nSPS) is 19.7. The minimum absolute atomic E-state index is 0. The number of nitrogens with one attached hydrogen (secondary N) is 1. The number of hydrogen-bond acceptors (Lipinski definition) is 6. The second kappa shape index (κ2) is 12.1. The second-order valence-electron chi connectivity index (χ2n) is 7.48. The van der Waals surface area contributed by atoms with Crippen LogP contribution in [0.2, 0.25) is 0 Å². The summed E-state index contributed by atoms with van der Waals surface area (Å²) in [6.45, 7) is 5.98. The molecule has 0 bridgehead atoms. The topological polar surface area (TPSA) is 86.7 Å². The molecule has 0 saturated carbocycles. The van der Waals surface area contributed by atoms with E-state index in [4.69, 9.17) is 9.47 Å². The van der Waals surface area contributed by atoms with Gasteiger partial charge in [-0.05, 0) is 24.6 Å². The van der Waals surface area contributed by atoms with Gasteiger partial charge in [0, 0.05) is 65.0 Å². The van der Waals surface area contributed by atoms with Crippen molar-refractivity contribution < 1.29 is 17.9 Å². The summed E-state index contributed by atoms with van der Waals surface area (Å²) in [6.07, 6.45) is 0.719. The third kappa shape index (κ3) is 6.83. The van der Waals surface area contributed by atoms with Crippen molar-refractivity contribution in [2.24, 2.45) is 4.99 Å². The largest absolute Gasteiger partial charge is 0.497 e. The van der Waals surface area contributed by atoms with Crippen LogP contribution in [-0.4, -0.2) is 101 Å². The first-order valence-corrected chi connectivity index (χ1v) is 11.9. The van der Waals surface area contributed by atoms with Crippen molar-refractivity contribution in [3.8, 4) is 11.5 Å². The molecule has 3 rings (SSSR count). The van der Waals surface area contributed by atoms with E-state index in [2.05, 4.69) is 20.1 Å². The predicted octanol–water partition coefficient (Wildman–Crippen LogP) is 1.05. The highest BCUT2D eigenvalue weighted by Gasteiger charge is 2.28. The zero-order chi connectivity index (χ0) is 21.6. The van der Waals surface area contributed by atoms with Crippen molar-refractivity contribution in [3.05, 3.63) is 23.8 Å². The molecule has 2 saturated heterocycles. The minimum atomic E-state index is -3.05. The minimum Gasteiger partial charge on any atom is -0.497 e. The Morgan fingerprint density at radius 2 is 1.87 bits per heavy atom. The van der Waals surface area contributed by atoms with E-state index < -0.39 is 10.0 Å². The summed E-state index contributed by atoms with van der Waals surface area (Å²) in [5, 5.41) is 3.32. The molecule has 1 aromatic carbocycles. The first-order valence-electron chi connectivity index (χ1n) is 10.3. The lowest BCUT2D eigenvalue weighted by Crippen LogP contribution is -2.53. The van der Waals surface area contributed by atoms with E-state index >= 15 is 0 Å². The van der Waals surface area contributed by atoms with Crippen molar-refractivity contribution in [1.82, 2.24) is 19.4 Å². The Kier molecular flexibility index (Phi) is 10.1. The maximum atomic E-state index is 11.9. The molecule has 0 radical (unpaired) electrons. The molecule has 0 aromatic heterocycles. The lowest BCUT2D eigenvalue weighted by Gasteiger charge is -2.36. The Labute approximate surface area is 202 Å². The van der Waals surface area contributed by atoms with Crippen molar-refractivity contribution in [2.45, 2.75) is 13.0 Å². The van der Waals surface area contributed by atoms with Gasteiger partial charge in [0.2, 0.25) is 10.0 Å². The molecule has 0 spiro atoms. The highest BCUT2D eigenvalue weighted by Crippen LogP contribution is 2.25. The van der Waals surface area contributed by atoms with E-state index in [0.29, 0.717) is 19.6 Å². The van der Waals surface area contributed by atoms with Gasteiger partial charge in [0.1, 0.15) is 11.5 Å². The molecule has 2 aliphatic rings. The number of ether oxygens (including phenoxy) is 2. The van der Waals surface area contributed by atoms with Crippen molar-refractivity contribution in [2.75, 3.05) is 72.8 Å². The quantitative estimate of drug-likeness (QED) is 0.300. The Balaban J connectivity index is 0.00000341. The van der Waals surface area contributed by atoms with E-state index in [-0.39, 0.29) is 29.7 Å². The van der Waals surface area contributed by atoms with Gasteiger partial charge >= 0.3 is 0 Å². The van der Waals surface area contributed by atoms with Gasteiger partial charge < -0.3 is 19.7 Å². The number of halogens is 1. The molecular formula is C20H34IN5O4S. The first kappa shape index (κ1) is 25.9. The molecule has 31 heavy (non-hydrogen) atoms. The Morgan fingerprint density at radius 1 is 1.13 bits per heavy atom. The molecule has 0 amide bonds. The zero-order valence-corrected chi connectivity index (χ0v) is 21.7. The van der Waals surface area contributed by atoms with Gasteiger partial charge in [-0.1, -0.05) is 0 Å². The van der Waals surface area contributed by atoms with Gasteiger partial charge in [0.15, 0.2) is 5.96 Å². The number of methoxy groups -OCH3 is 2. The van der Waals surface area contributed by atoms with Crippen LogP contribution in [0.3, 0.4) is 0 Å². The highest BCUT2D eigenvalue weighted by molar-refractivity contribution is 14.0. The fourth-order valence-corrected chi connectivity index (χ4v) is 5.46. The van der Waals surface area contributed by atoms with Gasteiger partial charge in [0.25, 0.3) is 0 Å². The average Bonchev–Trinajstić information content (AvgIpc) is 3.10. The molecule has 2 fully saturated rings. The van der Waals surface area contributed by atoms with E-state index in [9.17, 15) is 8.42 Å². The number of benzene rings is 1. The summed E-state index contributed by atoms with van der Waals surface area (Å²) in [5.41, 5.74) is 1.11. The van der Waals surface area contributed by atoms with Crippen LogP contribution in [0.25, 0.3) is 0 Å². The number of sulfonamides is 1. The standard InChI is InChI=1S/C20H33N5O4S.HI/c1-21-20(22-7-9-25-8-4-14-30(25,26)27)24-12-10-23(11-13-24)16-17-15-18(28-2)5-6-19(17)29-3;/h5-6,15H,4,7-14,16H2,1-3H3,(H,21,22);1H. The molecule has 0 atom stereocenters. The predicted molar refractivity (Wildman–Crippen MR) is 133 cm³/mol. The zero-order valence-electron chi connectivity index (χ0n) is 18.5. The molecule has 2 heterocycles. The molecule has 11 heteroatoms. The summed E-state index contributed by atoms with van der Waals surface area (Å²) >= 11 is 0. The summed E-state index contributed by atoms with van der Waals surface area (Å²) in [6, 6.07) is 5.87. The third-order valence-corrected chi connectivity index (χ3v) is 7.57. The summed E-state index contributed by atoms with van der Waals surface area (Å²) in [7, 11) is 2.07. The smallest absolute Gasteiger partial charge is 0.214 e. The second-order valence-corrected chi connectivity index (χ2v) is 9.57. The third-order valence-electron chi connectivity index (χ3n) is 5.61. The summed E-state index contributed by atoms with van der Waals surface area (Å²) in [5.74, 6) is 2.79. The Bertz CT molecular complexity index is 844. The fourth-order valence-electron chi connectivity index (χ4n) is 3.93. The maximum Gasteiger partial charge on any atom is 0.214 e. The molecule has 0 unspecified atom stereocenters. The van der Waals surface area contributed by atoms with Crippen LogP contribution in [0.5, 0.6) is 11.5 Å². The van der Waals surface area contributed by atoms with Gasteiger partial charge in [-0.3, -0.25) is 9.89 Å². The summed E-state index contributed by atoms with van der Waals surface area (Å²) in [4.78, 5) is 8.99. The van der Waals surface area contributed by atoms with Gasteiger partial charge in [-0.25, -0.2) is 12.7 Å². The van der Waals surface area contributed by atoms with Crippen molar-refractivity contribution in [3.63, 3.8) is 0 Å². The SMILES string of the molecule is CN=C(NCCN1CCCS1(=O)=O)N1CCN(Cc2cc(OC)ccc2OC)CC1.I. The first-order chi connectivity index (χ1) is 14.5. The van der Waals surface area contributed by atoms with Crippen LogP contribution in [0.4, 0.5) is 0 Å². The molecule has 0 aliphatic carbocycles. The highest BCUT2D eigenvalue weighted by atomic mass is 127. The van der Waals surface area contributed by atoms with E-state index in [1.165, 1.54) is 0 Å². The van der Waals surface area contributed by atoms with Gasteiger partial charge in [0.05, 0.1) is 20.0 Å². The number of aliphatic imine (C=N–C) groups is 1. The lowest BCUT2D eigenvalue weighted by atomic mass is 10.1. The van der Waals surface area contributed by atoms with Crippen LogP contribution in [0.15, 0.2) is 23.2 Å². The number of hydrogen-bond donors (Lipinski definition) is 1. The van der Waals surface area contributed by atoms with Crippen LogP contribution in [0.1, 0.15) is 12.0 Å². The van der Waals surface area contributed by atoms with Crippen molar-refractivity contribution in [1.29, 1.82) is 0 Å². The van der Waals surface area contributed by atoms with Gasteiger partial charge in [-0.2, -0.15) is 0 Å². The molecular weight excluding hydrogens is 533 g/mol. The molecule has 2 aliphatic heterocycles. The number of piperazine rings is 1. The van der Waals surface area contributed by atoms with Crippen LogP contribution >= 0.6 is 24.0 Å². The van der Waals surface area contributed by atoms with Crippen LogP contribution in [0, 0.1) is 0 Å². The molecule has 1 N–H and O–H groups in total. The Morgan fingerprint density at radius 3 is 2.45 bits per heavy atom. The lowest BCUT2D eigenvalue weighted by molar-refractivity contribution is 0.171. The summed E-state index contributed by atoms with van der Waals surface area (Å²) < 4.78 is 36.2. The monoisotopic (exact) mass is 567 g/mol. The molecule has 176 valence electrons. The molecule has 1 aromatic rings. The number of rotatable bonds is 7. The number of nitrogens with zero attached hydrogens (tertiary/aromatic N) is 4. The van der Waals surface area contributed by atoms with E-state index in [1.54, 1.807) is 25.6 Å². The number of guanidine groups is 1. The Hall–Kier alpha value is -1.31.